The quantitative estimate of drug-likeness (QED) is 0.431. The number of nitrogens with one attached hydrogen (secondary N) is 2. The first-order chi connectivity index (χ1) is 7.56. The first kappa shape index (κ1) is 12.9. The number of hydrazone groups is 1. The second kappa shape index (κ2) is 5.76. The Balaban J connectivity index is 2.74. The lowest BCUT2D eigenvalue weighted by Gasteiger charge is -2.05. The highest BCUT2D eigenvalue weighted by Crippen LogP contribution is 2.21. The van der Waals surface area contributed by atoms with Gasteiger partial charge < -0.3 is 11.1 Å². The van der Waals surface area contributed by atoms with Gasteiger partial charge >= 0.3 is 0 Å². The van der Waals surface area contributed by atoms with Crippen LogP contribution in [-0.4, -0.2) is 21.7 Å². The standard InChI is InChI=1S/C9H15N5S2/c1-4-11-9(15)13-12-5(2)7-6(3)14-16-8(7)10/h4,10H2,1-3H3,(H2,11,13,15)/b12-5-. The lowest BCUT2D eigenvalue weighted by atomic mass is 10.2. The maximum absolute atomic E-state index is 5.81. The maximum Gasteiger partial charge on any atom is 0.186 e. The fourth-order valence-electron chi connectivity index (χ4n) is 1.22. The zero-order valence-electron chi connectivity index (χ0n) is 9.50. The summed E-state index contributed by atoms with van der Waals surface area (Å²) in [6.07, 6.45) is 0. The van der Waals surface area contributed by atoms with E-state index in [0.29, 0.717) is 10.1 Å². The Morgan fingerprint density at radius 3 is 2.81 bits per heavy atom. The second-order valence-electron chi connectivity index (χ2n) is 3.18. The van der Waals surface area contributed by atoms with Crippen LogP contribution >= 0.6 is 23.8 Å². The molecule has 1 aromatic rings. The number of hydrogen-bond donors (Lipinski definition) is 3. The van der Waals surface area contributed by atoms with E-state index in [-0.39, 0.29) is 0 Å². The molecule has 0 aliphatic rings. The lowest BCUT2D eigenvalue weighted by molar-refractivity contribution is 0.900. The molecule has 0 aliphatic heterocycles. The van der Waals surface area contributed by atoms with E-state index in [1.807, 2.05) is 20.8 Å². The average molecular weight is 257 g/mol. The third-order valence-electron chi connectivity index (χ3n) is 1.91. The van der Waals surface area contributed by atoms with Crippen molar-refractivity contribution in [2.24, 2.45) is 5.10 Å². The zero-order chi connectivity index (χ0) is 12.1. The van der Waals surface area contributed by atoms with Crippen molar-refractivity contribution in [3.8, 4) is 0 Å². The number of anilines is 1. The number of nitrogens with two attached hydrogens (primary N) is 1. The summed E-state index contributed by atoms with van der Waals surface area (Å²) in [4.78, 5) is 0. The van der Waals surface area contributed by atoms with Gasteiger partial charge in [0.25, 0.3) is 0 Å². The van der Waals surface area contributed by atoms with E-state index in [9.17, 15) is 0 Å². The van der Waals surface area contributed by atoms with Crippen LogP contribution in [0.1, 0.15) is 25.1 Å². The smallest absolute Gasteiger partial charge is 0.186 e. The Hall–Kier alpha value is -1.21. The molecule has 88 valence electrons. The Bertz CT molecular complexity index is 391. The highest BCUT2D eigenvalue weighted by atomic mass is 32.1. The van der Waals surface area contributed by atoms with Crippen LogP contribution in [0.25, 0.3) is 0 Å². The number of aromatic nitrogens is 1. The molecule has 16 heavy (non-hydrogen) atoms. The molecule has 0 bridgehead atoms. The summed E-state index contributed by atoms with van der Waals surface area (Å²) in [7, 11) is 0. The summed E-state index contributed by atoms with van der Waals surface area (Å²) in [5.41, 5.74) is 11.1. The van der Waals surface area contributed by atoms with Gasteiger partial charge in [-0.15, -0.1) is 0 Å². The van der Waals surface area contributed by atoms with Crippen LogP contribution in [0, 0.1) is 6.92 Å². The van der Waals surface area contributed by atoms with Crippen molar-refractivity contribution < 1.29 is 0 Å². The highest BCUT2D eigenvalue weighted by molar-refractivity contribution is 7.80. The molecule has 0 atom stereocenters. The van der Waals surface area contributed by atoms with Gasteiger partial charge in [0.05, 0.1) is 17.0 Å². The number of thiocarbonyl (C=S) groups is 1. The normalized spacial score (nSPS) is 11.3. The summed E-state index contributed by atoms with van der Waals surface area (Å²) >= 11 is 6.27. The van der Waals surface area contributed by atoms with Gasteiger partial charge in [-0.1, -0.05) is 0 Å². The van der Waals surface area contributed by atoms with Crippen LogP contribution in [0.4, 0.5) is 5.00 Å². The Morgan fingerprint density at radius 1 is 1.62 bits per heavy atom. The van der Waals surface area contributed by atoms with Crippen molar-refractivity contribution in [1.29, 1.82) is 0 Å². The third-order valence-corrected chi connectivity index (χ3v) is 2.92. The van der Waals surface area contributed by atoms with Crippen LogP contribution in [0.3, 0.4) is 0 Å². The van der Waals surface area contributed by atoms with Crippen LogP contribution < -0.4 is 16.5 Å². The molecule has 1 heterocycles. The predicted octanol–water partition coefficient (Wildman–Crippen LogP) is 1.24. The van der Waals surface area contributed by atoms with Gasteiger partial charge in [0.15, 0.2) is 5.11 Å². The van der Waals surface area contributed by atoms with Gasteiger partial charge in [0.2, 0.25) is 0 Å². The molecule has 0 spiro atoms. The van der Waals surface area contributed by atoms with E-state index in [2.05, 4.69) is 20.2 Å². The molecular weight excluding hydrogens is 242 g/mol. The average Bonchev–Trinajstić information content (AvgIpc) is 2.56. The SMILES string of the molecule is CCNC(=S)N/N=C(/C)c1c(C)nsc1N. The molecule has 5 nitrogen and oxygen atoms in total. The monoisotopic (exact) mass is 257 g/mol. The molecule has 0 aliphatic carbocycles. The highest BCUT2D eigenvalue weighted by Gasteiger charge is 2.10. The Kier molecular flexibility index (Phi) is 4.63. The van der Waals surface area contributed by atoms with Gasteiger partial charge in [0.1, 0.15) is 5.00 Å². The number of nitrogens with zero attached hydrogens (tertiary/aromatic N) is 2. The van der Waals surface area contributed by atoms with Gasteiger partial charge in [-0.2, -0.15) is 9.47 Å². The van der Waals surface area contributed by atoms with E-state index in [0.717, 1.165) is 23.5 Å². The summed E-state index contributed by atoms with van der Waals surface area (Å²) in [5.74, 6) is 0. The Morgan fingerprint density at radius 2 is 2.31 bits per heavy atom. The van der Waals surface area contributed by atoms with Gasteiger partial charge in [-0.05, 0) is 44.5 Å². The van der Waals surface area contributed by atoms with E-state index in [4.69, 9.17) is 18.0 Å². The molecule has 0 unspecified atom stereocenters. The minimum Gasteiger partial charge on any atom is -0.389 e. The molecular formula is C9H15N5S2. The van der Waals surface area contributed by atoms with E-state index >= 15 is 0 Å². The van der Waals surface area contributed by atoms with Crippen LogP contribution in [0.15, 0.2) is 5.10 Å². The van der Waals surface area contributed by atoms with Crippen LogP contribution in [0.5, 0.6) is 0 Å². The van der Waals surface area contributed by atoms with E-state index in [1.54, 1.807) is 0 Å². The molecule has 0 radical (unpaired) electrons. The van der Waals surface area contributed by atoms with Crippen molar-refractivity contribution in [3.05, 3.63) is 11.3 Å². The Labute approximate surface area is 104 Å². The molecule has 0 amide bonds. The topological polar surface area (TPSA) is 75.3 Å². The molecule has 0 saturated carbocycles. The summed E-state index contributed by atoms with van der Waals surface area (Å²) in [6.45, 7) is 6.51. The molecule has 0 saturated heterocycles. The van der Waals surface area contributed by atoms with Crippen LogP contribution in [0.2, 0.25) is 0 Å². The number of hydrogen-bond acceptors (Lipinski definition) is 5. The minimum absolute atomic E-state index is 0.501. The molecule has 0 aromatic carbocycles. The van der Waals surface area contributed by atoms with Crippen molar-refractivity contribution >= 4 is 39.6 Å². The predicted molar refractivity (Wildman–Crippen MR) is 72.9 cm³/mol. The van der Waals surface area contributed by atoms with Gasteiger partial charge in [-0.25, -0.2) is 0 Å². The fraction of sp³-hybridized carbons (Fsp3) is 0.444. The number of aryl methyl sites for hydroxylation is 1. The molecule has 7 heteroatoms. The summed E-state index contributed by atoms with van der Waals surface area (Å²) < 4.78 is 4.16. The summed E-state index contributed by atoms with van der Waals surface area (Å²) in [6, 6.07) is 0. The largest absolute Gasteiger partial charge is 0.389 e. The molecule has 1 rings (SSSR count). The van der Waals surface area contributed by atoms with Crippen molar-refractivity contribution in [2.45, 2.75) is 20.8 Å². The van der Waals surface area contributed by atoms with Crippen molar-refractivity contribution in [3.63, 3.8) is 0 Å². The van der Waals surface area contributed by atoms with E-state index in [1.165, 1.54) is 11.5 Å². The third kappa shape index (κ3) is 3.14. The van der Waals surface area contributed by atoms with E-state index < -0.39 is 0 Å². The molecule has 1 aromatic heterocycles. The second-order valence-corrected chi connectivity index (χ2v) is 4.39. The maximum atomic E-state index is 5.81. The van der Waals surface area contributed by atoms with Gasteiger partial charge in [0, 0.05) is 6.54 Å². The van der Waals surface area contributed by atoms with Crippen molar-refractivity contribution in [2.75, 3.05) is 12.3 Å². The first-order valence-electron chi connectivity index (χ1n) is 4.86. The number of nitrogen functional groups attached to an aromatic ring is 1. The molecule has 0 fully saturated rings. The molecule has 4 N–H and O–H groups in total. The fourth-order valence-corrected chi connectivity index (χ4v) is 2.12. The zero-order valence-corrected chi connectivity index (χ0v) is 11.1. The first-order valence-corrected chi connectivity index (χ1v) is 6.04. The van der Waals surface area contributed by atoms with Crippen LogP contribution in [-0.2, 0) is 0 Å². The lowest BCUT2D eigenvalue weighted by Crippen LogP contribution is -2.32. The summed E-state index contributed by atoms with van der Waals surface area (Å²) in [5, 5.41) is 8.28. The van der Waals surface area contributed by atoms with Crippen molar-refractivity contribution in [1.82, 2.24) is 15.1 Å². The minimum atomic E-state index is 0.501. The number of rotatable bonds is 3. The van der Waals surface area contributed by atoms with Gasteiger partial charge in [-0.3, -0.25) is 5.43 Å².